The van der Waals surface area contributed by atoms with Crippen LogP contribution in [0.3, 0.4) is 0 Å². The lowest BCUT2D eigenvalue weighted by atomic mass is 9.99. The van der Waals surface area contributed by atoms with Gasteiger partial charge in [0.2, 0.25) is 15.9 Å². The van der Waals surface area contributed by atoms with E-state index >= 15 is 0 Å². The lowest BCUT2D eigenvalue weighted by molar-refractivity contribution is -0.126. The van der Waals surface area contributed by atoms with Crippen LogP contribution in [0.1, 0.15) is 29.5 Å². The van der Waals surface area contributed by atoms with Crippen molar-refractivity contribution in [1.82, 2.24) is 9.62 Å². The maximum Gasteiger partial charge on any atom is 0.224 e. The number of amides is 1. The van der Waals surface area contributed by atoms with Crippen LogP contribution >= 0.6 is 11.6 Å². The van der Waals surface area contributed by atoms with Crippen LogP contribution in [0.15, 0.2) is 42.5 Å². The number of ether oxygens (including phenoxy) is 1. The minimum atomic E-state index is -3.52. The normalized spacial score (nSPS) is 17.3. The van der Waals surface area contributed by atoms with E-state index in [-0.39, 0.29) is 24.1 Å². The SMILES string of the molecule is Cc1ccc(C)c(OCCNC(=O)C2CCCN(S(=O)(=O)Cc3cccc(Cl)c3)C2)c1. The van der Waals surface area contributed by atoms with Crippen molar-refractivity contribution < 1.29 is 17.9 Å². The van der Waals surface area contributed by atoms with Gasteiger partial charge < -0.3 is 10.1 Å². The average molecular weight is 465 g/mol. The van der Waals surface area contributed by atoms with Crippen molar-refractivity contribution >= 4 is 27.5 Å². The highest BCUT2D eigenvalue weighted by atomic mass is 35.5. The summed E-state index contributed by atoms with van der Waals surface area (Å²) in [4.78, 5) is 12.6. The fraction of sp³-hybridized carbons (Fsp3) is 0.435. The smallest absolute Gasteiger partial charge is 0.224 e. The lowest BCUT2D eigenvalue weighted by Gasteiger charge is -2.31. The Labute approximate surface area is 189 Å². The predicted molar refractivity (Wildman–Crippen MR) is 123 cm³/mol. The van der Waals surface area contributed by atoms with Gasteiger partial charge in [-0.1, -0.05) is 35.9 Å². The number of aryl methyl sites for hydroxylation is 2. The Balaban J connectivity index is 1.50. The third kappa shape index (κ3) is 6.69. The van der Waals surface area contributed by atoms with E-state index in [9.17, 15) is 13.2 Å². The number of carbonyl (C=O) groups is 1. The molecule has 168 valence electrons. The third-order valence-corrected chi connectivity index (χ3v) is 7.44. The van der Waals surface area contributed by atoms with Gasteiger partial charge in [0, 0.05) is 18.1 Å². The van der Waals surface area contributed by atoms with Crippen molar-refractivity contribution in [3.8, 4) is 5.75 Å². The molecule has 2 aromatic rings. The summed E-state index contributed by atoms with van der Waals surface area (Å²) in [6.45, 7) is 5.35. The van der Waals surface area contributed by atoms with Crippen LogP contribution in [0.5, 0.6) is 5.75 Å². The molecule has 0 aromatic heterocycles. The molecule has 1 N–H and O–H groups in total. The molecule has 1 amide bonds. The van der Waals surface area contributed by atoms with E-state index < -0.39 is 10.0 Å². The van der Waals surface area contributed by atoms with Crippen LogP contribution in [0.2, 0.25) is 5.02 Å². The first-order valence-corrected chi connectivity index (χ1v) is 12.4. The molecule has 1 unspecified atom stereocenters. The lowest BCUT2D eigenvalue weighted by Crippen LogP contribution is -2.46. The number of nitrogens with one attached hydrogen (secondary N) is 1. The molecule has 1 saturated heterocycles. The maximum absolute atomic E-state index is 12.8. The number of carbonyl (C=O) groups excluding carboxylic acids is 1. The number of piperidine rings is 1. The first-order valence-electron chi connectivity index (χ1n) is 10.4. The molecular formula is C23H29ClN2O4S. The fourth-order valence-corrected chi connectivity index (χ4v) is 5.49. The zero-order valence-electron chi connectivity index (χ0n) is 17.9. The summed E-state index contributed by atoms with van der Waals surface area (Å²) in [5.41, 5.74) is 2.80. The Hall–Kier alpha value is -2.09. The highest BCUT2D eigenvalue weighted by molar-refractivity contribution is 7.88. The van der Waals surface area contributed by atoms with Crippen LogP contribution in [-0.4, -0.2) is 44.9 Å². The van der Waals surface area contributed by atoms with E-state index in [1.54, 1.807) is 24.3 Å². The summed E-state index contributed by atoms with van der Waals surface area (Å²) >= 11 is 5.97. The largest absolute Gasteiger partial charge is 0.491 e. The number of hydrogen-bond donors (Lipinski definition) is 1. The molecule has 31 heavy (non-hydrogen) atoms. The Morgan fingerprint density at radius 1 is 1.23 bits per heavy atom. The van der Waals surface area contributed by atoms with E-state index in [2.05, 4.69) is 5.32 Å². The summed E-state index contributed by atoms with van der Waals surface area (Å²) in [7, 11) is -3.52. The second-order valence-corrected chi connectivity index (χ2v) is 10.4. The topological polar surface area (TPSA) is 75.7 Å². The van der Waals surface area contributed by atoms with Gasteiger partial charge in [-0.2, -0.15) is 0 Å². The first-order chi connectivity index (χ1) is 14.7. The van der Waals surface area contributed by atoms with Gasteiger partial charge in [0.25, 0.3) is 0 Å². The second-order valence-electron chi connectivity index (χ2n) is 7.99. The summed E-state index contributed by atoms with van der Waals surface area (Å²) in [6, 6.07) is 12.9. The third-order valence-electron chi connectivity index (χ3n) is 5.39. The second kappa shape index (κ2) is 10.5. The molecule has 1 heterocycles. The van der Waals surface area contributed by atoms with Gasteiger partial charge in [-0.3, -0.25) is 4.79 Å². The molecule has 2 aromatic carbocycles. The molecule has 3 rings (SSSR count). The van der Waals surface area contributed by atoms with Crippen LogP contribution in [-0.2, 0) is 20.6 Å². The van der Waals surface area contributed by atoms with Gasteiger partial charge in [-0.05, 0) is 61.6 Å². The van der Waals surface area contributed by atoms with Gasteiger partial charge in [0.15, 0.2) is 0 Å². The van der Waals surface area contributed by atoms with Crippen molar-refractivity contribution in [2.24, 2.45) is 5.92 Å². The molecule has 0 aliphatic carbocycles. The fourth-order valence-electron chi connectivity index (χ4n) is 3.68. The van der Waals surface area contributed by atoms with E-state index in [1.807, 2.05) is 32.0 Å². The van der Waals surface area contributed by atoms with E-state index in [0.717, 1.165) is 16.9 Å². The number of rotatable bonds is 8. The minimum Gasteiger partial charge on any atom is -0.491 e. The predicted octanol–water partition coefficient (Wildman–Crippen LogP) is 3.69. The molecule has 0 saturated carbocycles. The van der Waals surface area contributed by atoms with Gasteiger partial charge in [-0.15, -0.1) is 0 Å². The summed E-state index contributed by atoms with van der Waals surface area (Å²) in [5.74, 6) is 0.201. The average Bonchev–Trinajstić information content (AvgIpc) is 2.73. The number of nitrogens with zero attached hydrogens (tertiary/aromatic N) is 1. The minimum absolute atomic E-state index is 0.119. The maximum atomic E-state index is 12.8. The number of sulfonamides is 1. The Morgan fingerprint density at radius 2 is 2.03 bits per heavy atom. The molecule has 8 heteroatoms. The van der Waals surface area contributed by atoms with Gasteiger partial charge in [-0.25, -0.2) is 12.7 Å². The Morgan fingerprint density at radius 3 is 2.81 bits per heavy atom. The standard InChI is InChI=1S/C23H29ClN2O4S/c1-17-8-9-18(2)22(13-17)30-12-10-25-23(27)20-6-4-11-26(15-20)31(28,29)16-19-5-3-7-21(24)14-19/h3,5,7-9,13-14,20H,4,6,10-12,15-16H2,1-2H3,(H,25,27). The molecule has 1 aliphatic rings. The highest BCUT2D eigenvalue weighted by Crippen LogP contribution is 2.23. The summed E-state index contributed by atoms with van der Waals surface area (Å²) in [5, 5.41) is 3.39. The molecular weight excluding hydrogens is 436 g/mol. The van der Waals surface area contributed by atoms with Crippen LogP contribution in [0.4, 0.5) is 0 Å². The quantitative estimate of drug-likeness (QED) is 0.604. The van der Waals surface area contributed by atoms with Crippen LogP contribution < -0.4 is 10.1 Å². The Bertz CT molecular complexity index is 1030. The van der Waals surface area contributed by atoms with E-state index in [0.29, 0.717) is 43.1 Å². The summed E-state index contributed by atoms with van der Waals surface area (Å²) < 4.78 is 32.9. The highest BCUT2D eigenvalue weighted by Gasteiger charge is 2.32. The molecule has 1 aliphatic heterocycles. The van der Waals surface area contributed by atoms with Crippen molar-refractivity contribution in [1.29, 1.82) is 0 Å². The molecule has 6 nitrogen and oxygen atoms in total. The van der Waals surface area contributed by atoms with Crippen molar-refractivity contribution in [3.05, 3.63) is 64.2 Å². The van der Waals surface area contributed by atoms with Gasteiger partial charge in [0.05, 0.1) is 18.2 Å². The van der Waals surface area contributed by atoms with Crippen molar-refractivity contribution in [2.75, 3.05) is 26.2 Å². The number of benzene rings is 2. The van der Waals surface area contributed by atoms with Gasteiger partial charge >= 0.3 is 0 Å². The van der Waals surface area contributed by atoms with Gasteiger partial charge in [0.1, 0.15) is 12.4 Å². The Kier molecular flexibility index (Phi) is 7.97. The molecule has 0 radical (unpaired) electrons. The van der Waals surface area contributed by atoms with Crippen LogP contribution in [0, 0.1) is 19.8 Å². The number of hydrogen-bond acceptors (Lipinski definition) is 4. The molecule has 0 bridgehead atoms. The van der Waals surface area contributed by atoms with Crippen molar-refractivity contribution in [2.45, 2.75) is 32.4 Å². The monoisotopic (exact) mass is 464 g/mol. The molecule has 0 spiro atoms. The first kappa shape index (κ1) is 23.6. The van der Waals surface area contributed by atoms with E-state index in [1.165, 1.54) is 4.31 Å². The van der Waals surface area contributed by atoms with Crippen LogP contribution in [0.25, 0.3) is 0 Å². The molecule has 1 fully saturated rings. The molecule has 1 atom stereocenters. The summed E-state index contributed by atoms with van der Waals surface area (Å²) in [6.07, 6.45) is 1.33. The zero-order chi connectivity index (χ0) is 22.4. The van der Waals surface area contributed by atoms with Crippen molar-refractivity contribution in [3.63, 3.8) is 0 Å². The zero-order valence-corrected chi connectivity index (χ0v) is 19.5. The van der Waals surface area contributed by atoms with E-state index in [4.69, 9.17) is 16.3 Å². The number of halogens is 1.